The fraction of sp³-hybridized carbons (Fsp3) is 0. The topological polar surface area (TPSA) is 33.1 Å². The number of rotatable bonds is 0. The van der Waals surface area contributed by atoms with Crippen molar-refractivity contribution in [1.82, 2.24) is 4.98 Å². The van der Waals surface area contributed by atoms with Crippen molar-refractivity contribution in [1.29, 1.82) is 0 Å². The average Bonchev–Trinajstić information content (AvgIpc) is 1.77. The lowest BCUT2D eigenvalue weighted by Gasteiger charge is -1.85. The first-order valence-electron chi connectivity index (χ1n) is 2.01. The third-order valence-electron chi connectivity index (χ3n) is 0.649. The Kier molecular flexibility index (Phi) is 1.35. The van der Waals surface area contributed by atoms with Crippen LogP contribution >= 0.6 is 11.6 Å². The third kappa shape index (κ3) is 1.10. The molecule has 8 heavy (non-hydrogen) atoms. The molecule has 2 nitrogen and oxygen atoms in total. The van der Waals surface area contributed by atoms with Crippen molar-refractivity contribution >= 4 is 11.6 Å². The van der Waals surface area contributed by atoms with E-state index >= 15 is 0 Å². The average molecular weight is 129 g/mol. The normalized spacial score (nSPS) is 9.12. The molecule has 1 radical (unpaired) electrons. The highest BCUT2D eigenvalue weighted by atomic mass is 35.5. The van der Waals surface area contributed by atoms with Crippen LogP contribution in [0.5, 0.6) is 5.88 Å². The number of nitrogens with zero attached hydrogens (tertiary/aromatic N) is 1. The van der Waals surface area contributed by atoms with Crippen molar-refractivity contribution in [3.05, 3.63) is 23.4 Å². The highest BCUT2D eigenvalue weighted by Crippen LogP contribution is 2.07. The van der Waals surface area contributed by atoms with E-state index in [0.29, 0.717) is 5.02 Å². The summed E-state index contributed by atoms with van der Waals surface area (Å²) in [5, 5.41) is 8.96. The van der Waals surface area contributed by atoms with Crippen molar-refractivity contribution in [2.24, 2.45) is 0 Å². The lowest BCUT2D eigenvalue weighted by Crippen LogP contribution is -1.70. The van der Waals surface area contributed by atoms with Crippen LogP contribution in [0.1, 0.15) is 0 Å². The molecule has 0 atom stereocenters. The van der Waals surface area contributed by atoms with Crippen LogP contribution in [-0.2, 0) is 0 Å². The minimum atomic E-state index is -0.0607. The quantitative estimate of drug-likeness (QED) is 0.570. The summed E-state index contributed by atoms with van der Waals surface area (Å²) >= 11 is 5.38. The van der Waals surface area contributed by atoms with E-state index in [0.717, 1.165) is 0 Å². The van der Waals surface area contributed by atoms with Crippen LogP contribution in [0, 0.1) is 6.07 Å². The van der Waals surface area contributed by atoms with Gasteiger partial charge in [0.15, 0.2) is 0 Å². The maximum atomic E-state index is 8.56. The Bertz CT molecular complexity index is 151. The molecule has 0 saturated heterocycles. The summed E-state index contributed by atoms with van der Waals surface area (Å²) in [6.07, 6.45) is 1.33. The molecule has 0 amide bonds. The van der Waals surface area contributed by atoms with Gasteiger partial charge in [0.2, 0.25) is 5.88 Å². The molecule has 1 N–H and O–H groups in total. The molecule has 0 unspecified atom stereocenters. The SMILES string of the molecule is Oc1c[c]c(Cl)cn1. The summed E-state index contributed by atoms with van der Waals surface area (Å²) < 4.78 is 0. The maximum absolute atomic E-state index is 8.56. The Balaban J connectivity index is 3.03. The number of hydrogen-bond acceptors (Lipinski definition) is 2. The molecule has 3 heteroatoms. The Morgan fingerprint density at radius 2 is 2.50 bits per heavy atom. The van der Waals surface area contributed by atoms with Crippen molar-refractivity contribution < 1.29 is 5.11 Å². The van der Waals surface area contributed by atoms with Crippen molar-refractivity contribution in [3.63, 3.8) is 0 Å². The van der Waals surface area contributed by atoms with E-state index in [1.165, 1.54) is 12.3 Å². The minimum absolute atomic E-state index is 0.0607. The summed E-state index contributed by atoms with van der Waals surface area (Å²) in [6.45, 7) is 0. The van der Waals surface area contributed by atoms with Crippen LogP contribution in [0.15, 0.2) is 12.3 Å². The van der Waals surface area contributed by atoms with Gasteiger partial charge in [0.25, 0.3) is 0 Å². The molecule has 0 saturated carbocycles. The summed E-state index contributed by atoms with van der Waals surface area (Å²) in [5.74, 6) is -0.0607. The first-order valence-corrected chi connectivity index (χ1v) is 2.39. The van der Waals surface area contributed by atoms with E-state index in [4.69, 9.17) is 16.7 Å². The zero-order valence-corrected chi connectivity index (χ0v) is 4.68. The number of aromatic nitrogens is 1. The highest BCUT2D eigenvalue weighted by molar-refractivity contribution is 6.30. The second kappa shape index (κ2) is 2.01. The molecule has 1 aromatic heterocycles. The number of aromatic hydroxyl groups is 1. The molecule has 1 aromatic rings. The molecule has 0 bridgehead atoms. The van der Waals surface area contributed by atoms with Crippen LogP contribution in [0.3, 0.4) is 0 Å². The summed E-state index contributed by atoms with van der Waals surface area (Å²) in [7, 11) is 0. The first-order chi connectivity index (χ1) is 3.79. The Morgan fingerprint density at radius 3 is 2.88 bits per heavy atom. The summed E-state index contributed by atoms with van der Waals surface area (Å²) in [6, 6.07) is 3.86. The first kappa shape index (κ1) is 5.38. The number of halogens is 1. The van der Waals surface area contributed by atoms with Gasteiger partial charge in [0.1, 0.15) is 0 Å². The monoisotopic (exact) mass is 128 g/mol. The molecule has 1 rings (SSSR count). The Hall–Kier alpha value is -0.760. The van der Waals surface area contributed by atoms with Gasteiger partial charge < -0.3 is 5.11 Å². The van der Waals surface area contributed by atoms with Crippen molar-refractivity contribution in [2.75, 3.05) is 0 Å². The highest BCUT2D eigenvalue weighted by Gasteiger charge is 1.86. The van der Waals surface area contributed by atoms with E-state index < -0.39 is 0 Å². The van der Waals surface area contributed by atoms with Crippen LogP contribution in [0.2, 0.25) is 5.02 Å². The zero-order chi connectivity index (χ0) is 5.98. The van der Waals surface area contributed by atoms with Gasteiger partial charge in [0, 0.05) is 12.1 Å². The molecule has 0 aromatic carbocycles. The third-order valence-corrected chi connectivity index (χ3v) is 0.856. The van der Waals surface area contributed by atoms with Crippen LogP contribution in [0.4, 0.5) is 0 Å². The second-order valence-corrected chi connectivity index (χ2v) is 1.66. The predicted octanol–water partition coefficient (Wildman–Crippen LogP) is 1.24. The summed E-state index contributed by atoms with van der Waals surface area (Å²) in [4.78, 5) is 3.47. The van der Waals surface area contributed by atoms with Crippen LogP contribution in [0.25, 0.3) is 0 Å². The number of pyridine rings is 1. The fourth-order valence-electron chi connectivity index (χ4n) is 0.331. The predicted molar refractivity (Wildman–Crippen MR) is 29.7 cm³/mol. The molecule has 0 aliphatic carbocycles. The number of hydrogen-bond donors (Lipinski definition) is 1. The van der Waals surface area contributed by atoms with Gasteiger partial charge in [-0.2, -0.15) is 0 Å². The largest absolute Gasteiger partial charge is 0.493 e. The zero-order valence-electron chi connectivity index (χ0n) is 3.93. The van der Waals surface area contributed by atoms with Gasteiger partial charge in [0.05, 0.1) is 11.2 Å². The molecule has 41 valence electrons. The molecule has 1 heterocycles. The molecule has 0 spiro atoms. The van der Waals surface area contributed by atoms with Crippen LogP contribution < -0.4 is 0 Å². The van der Waals surface area contributed by atoms with Crippen molar-refractivity contribution in [3.8, 4) is 5.88 Å². The summed E-state index contributed by atoms with van der Waals surface area (Å²) in [5.41, 5.74) is 0. The van der Waals surface area contributed by atoms with E-state index in [1.807, 2.05) is 0 Å². The Labute approximate surface area is 51.7 Å². The van der Waals surface area contributed by atoms with Gasteiger partial charge in [-0.3, -0.25) is 0 Å². The van der Waals surface area contributed by atoms with E-state index in [1.54, 1.807) is 0 Å². The molecule has 0 aliphatic rings. The molecular formula is C5H3ClNO. The van der Waals surface area contributed by atoms with Crippen molar-refractivity contribution in [2.45, 2.75) is 0 Å². The molecular weight excluding hydrogens is 126 g/mol. The molecule has 0 aliphatic heterocycles. The lowest BCUT2D eigenvalue weighted by atomic mass is 10.5. The smallest absolute Gasteiger partial charge is 0.211 e. The standard InChI is InChI=1S/C5H3ClNO/c6-4-1-2-5(8)7-3-4/h2-3H,(H,7,8). The Morgan fingerprint density at radius 1 is 1.75 bits per heavy atom. The minimum Gasteiger partial charge on any atom is -0.493 e. The molecule has 0 fully saturated rings. The van der Waals surface area contributed by atoms with Gasteiger partial charge in [-0.1, -0.05) is 11.6 Å². The van der Waals surface area contributed by atoms with E-state index in [-0.39, 0.29) is 5.88 Å². The fourth-order valence-corrected chi connectivity index (χ4v) is 0.434. The van der Waals surface area contributed by atoms with Crippen LogP contribution in [-0.4, -0.2) is 10.1 Å². The van der Waals surface area contributed by atoms with Gasteiger partial charge in [-0.05, 0) is 0 Å². The van der Waals surface area contributed by atoms with Gasteiger partial charge in [-0.15, -0.1) is 0 Å². The van der Waals surface area contributed by atoms with Gasteiger partial charge in [-0.25, -0.2) is 4.98 Å². The maximum Gasteiger partial charge on any atom is 0.211 e. The lowest BCUT2D eigenvalue weighted by molar-refractivity contribution is 0.453. The van der Waals surface area contributed by atoms with E-state index in [9.17, 15) is 0 Å². The second-order valence-electron chi connectivity index (χ2n) is 1.25. The van der Waals surface area contributed by atoms with E-state index in [2.05, 4.69) is 11.1 Å². The van der Waals surface area contributed by atoms with Gasteiger partial charge >= 0.3 is 0 Å².